The summed E-state index contributed by atoms with van der Waals surface area (Å²) in [4.78, 5) is 31.8. The van der Waals surface area contributed by atoms with Crippen molar-refractivity contribution in [2.75, 3.05) is 0 Å². The maximum Gasteiger partial charge on any atom is 0.235 e. The molecule has 0 aliphatic heterocycles. The summed E-state index contributed by atoms with van der Waals surface area (Å²) in [5, 5.41) is 19.0. The highest BCUT2D eigenvalue weighted by atomic mass is 32.1. The zero-order valence-corrected chi connectivity index (χ0v) is 79.8. The molecule has 0 spiro atoms. The molecule has 0 radical (unpaired) electrons. The van der Waals surface area contributed by atoms with Gasteiger partial charge in [0.2, 0.25) is 5.95 Å². The summed E-state index contributed by atoms with van der Waals surface area (Å²) < 4.78 is 33.3. The van der Waals surface area contributed by atoms with Gasteiger partial charge in [-0.3, -0.25) is 4.57 Å². The van der Waals surface area contributed by atoms with E-state index in [1.165, 1.54) is 80.9 Å². The third-order valence-corrected chi connectivity index (χ3v) is 31.7. The van der Waals surface area contributed by atoms with E-state index in [0.717, 1.165) is 210 Å². The van der Waals surface area contributed by atoms with Crippen molar-refractivity contribution in [3.63, 3.8) is 0 Å². The second-order valence-electron chi connectivity index (χ2n) is 39.3. The Balaban J connectivity index is 0.000000102. The van der Waals surface area contributed by atoms with Gasteiger partial charge in [0.25, 0.3) is 0 Å². The maximum absolute atomic E-state index is 6.58. The molecule has 0 bridgehead atoms. The number of aromatic nitrogens is 8. The van der Waals surface area contributed by atoms with Gasteiger partial charge in [-0.1, -0.05) is 331 Å². The van der Waals surface area contributed by atoms with E-state index in [1.807, 2.05) is 84.1 Å². The topological polar surface area (TPSA) is 140 Å². The average molecular weight is 1880 g/mol. The summed E-state index contributed by atoms with van der Waals surface area (Å²) in [6.07, 6.45) is 0. The predicted molar refractivity (Wildman–Crippen MR) is 597 cm³/mol. The molecule has 0 N–H and O–H groups in total. The Morgan fingerprint density at radius 3 is 1.10 bits per heavy atom. The van der Waals surface area contributed by atoms with Crippen LogP contribution in [0.3, 0.4) is 0 Å². The van der Waals surface area contributed by atoms with Crippen LogP contribution in [-0.4, -0.2) is 39.0 Å². The Bertz CT molecular complexity index is 10400. The van der Waals surface area contributed by atoms with Crippen LogP contribution < -0.4 is 0 Å². The molecule has 0 saturated heterocycles. The highest BCUT2D eigenvalue weighted by Crippen LogP contribution is 2.58. The highest BCUT2D eigenvalue weighted by Gasteiger charge is 2.41. The predicted octanol–water partition coefficient (Wildman–Crippen LogP) is 35.7. The SMILES string of the molecule is CC1(C)c2ccc(-c3nc(-c4ccccc4)c4ccc5c6ccccc6oc5c4n3)cc2-c2c1ccc1c2oc2ccccc21.CC1(C)c2ccc(-c3nc(-c4ccccc4)c4ccc5c6ccccc6oc5c4n3)cc2-c2c1ccc1c2sc2ccccc21.c1ccc(-c2nc(-n3c4ccccc4c4ccc(-c5ccc6c(c5)c5ccccc5n6-c5ccccc5)cc43)nc3c2ccc2c4ccccc4oc23)cc1. The van der Waals surface area contributed by atoms with Gasteiger partial charge in [-0.15, -0.1) is 11.3 Å². The van der Waals surface area contributed by atoms with Crippen LogP contribution in [0.2, 0.25) is 0 Å². The molecule has 2 aliphatic rings. The van der Waals surface area contributed by atoms with E-state index in [1.54, 1.807) is 0 Å². The fourth-order valence-corrected chi connectivity index (χ4v) is 24.9. The first kappa shape index (κ1) is 82.3. The Morgan fingerprint density at radius 1 is 0.221 bits per heavy atom. The largest absolute Gasteiger partial charge is 0.455 e. The molecule has 32 rings (SSSR count). The quantitative estimate of drug-likeness (QED) is 0.144. The van der Waals surface area contributed by atoms with Gasteiger partial charge in [0.05, 0.1) is 39.1 Å². The van der Waals surface area contributed by atoms with Crippen LogP contribution >= 0.6 is 11.3 Å². The van der Waals surface area contributed by atoms with Gasteiger partial charge in [0, 0.05) is 156 Å². The Kier molecular flexibility index (Phi) is 17.9. The summed E-state index contributed by atoms with van der Waals surface area (Å²) in [6, 6.07) is 150. The van der Waals surface area contributed by atoms with Gasteiger partial charge in [0.1, 0.15) is 44.5 Å². The normalized spacial score (nSPS) is 13.1. The van der Waals surface area contributed by atoms with Crippen molar-refractivity contribution in [3.05, 3.63) is 447 Å². The molecule has 10 aromatic heterocycles. The summed E-state index contributed by atoms with van der Waals surface area (Å²) in [6.45, 7) is 9.28. The number of para-hydroxylation sites is 7. The lowest BCUT2D eigenvalue weighted by atomic mass is 9.82. The standard InChI is InChI=1S/C50H30N4O.C41H26N2O2.C41H26N2OS/c1-3-13-31(14-4-1)47-40-27-26-39-38-19-9-12-22-46(38)55-49(39)48(40)52-50(51-47)54-43-21-11-7-17-35(43)37-25-23-33(30-45(37)54)32-24-28-44-41(29-32)36-18-8-10-20-42(36)53(44)34-15-5-2-6-16-34;1-41(2)31-20-16-24(22-30(31)35-32(41)21-19-27-25-12-6-8-14-33(25)44-38(27)35)40-42-36(23-10-4-3-5-11-23)29-18-17-28-26-13-7-9-15-34(26)45-39(28)37(29)43-40;1-41(2)31-20-16-24(22-30(31)35-32(41)21-19-28-26-13-7-9-15-34(26)45-39(28)35)40-42-36(23-10-4-3-5-11-23)29-18-17-27-25-12-6-8-14-33(25)44-38(27)37(29)43-40/h1-30H;2*3-22H,1-2H3. The fraction of sp³-hybridized carbons (Fsp3) is 0.0455. The van der Waals surface area contributed by atoms with Crippen molar-refractivity contribution in [3.8, 4) is 102 Å². The monoisotopic (exact) mass is 1870 g/mol. The second-order valence-corrected chi connectivity index (χ2v) is 40.3. The Labute approximate surface area is 833 Å². The number of furan rings is 4. The third-order valence-electron chi connectivity index (χ3n) is 30.5. The van der Waals surface area contributed by atoms with Crippen LogP contribution in [0.25, 0.3) is 286 Å². The van der Waals surface area contributed by atoms with E-state index in [4.69, 9.17) is 47.6 Å². The van der Waals surface area contributed by atoms with E-state index in [-0.39, 0.29) is 10.8 Å². The number of benzene rings is 20. The van der Waals surface area contributed by atoms with E-state index in [0.29, 0.717) is 17.6 Å². The van der Waals surface area contributed by atoms with E-state index in [2.05, 4.69) is 389 Å². The summed E-state index contributed by atoms with van der Waals surface area (Å²) in [5.74, 6) is 1.97. The van der Waals surface area contributed by atoms with Crippen LogP contribution in [0.5, 0.6) is 0 Å². The molecule has 680 valence electrons. The number of hydrogen-bond acceptors (Lipinski definition) is 11. The van der Waals surface area contributed by atoms with Crippen LogP contribution in [0.1, 0.15) is 49.9 Å². The highest BCUT2D eigenvalue weighted by molar-refractivity contribution is 7.26. The zero-order chi connectivity index (χ0) is 95.8. The van der Waals surface area contributed by atoms with Gasteiger partial charge in [-0.05, 0) is 166 Å². The summed E-state index contributed by atoms with van der Waals surface area (Å²) in [7, 11) is 0. The van der Waals surface area contributed by atoms with Gasteiger partial charge in [-0.25, -0.2) is 29.9 Å². The number of nitrogens with zero attached hydrogens (tertiary/aromatic N) is 8. The lowest BCUT2D eigenvalue weighted by molar-refractivity contribution is 0.653. The lowest BCUT2D eigenvalue weighted by Crippen LogP contribution is -2.14. The first-order valence-electron chi connectivity index (χ1n) is 49.3. The van der Waals surface area contributed by atoms with Crippen molar-refractivity contribution >= 4 is 196 Å². The third kappa shape index (κ3) is 12.5. The van der Waals surface area contributed by atoms with Crippen LogP contribution in [0, 0.1) is 0 Å². The van der Waals surface area contributed by atoms with Crippen LogP contribution in [0.15, 0.2) is 442 Å². The fourth-order valence-electron chi connectivity index (χ4n) is 23.6. The molecule has 30 aromatic rings. The first-order valence-corrected chi connectivity index (χ1v) is 50.1. The minimum absolute atomic E-state index is 0.104. The van der Waals surface area contributed by atoms with Crippen molar-refractivity contribution in [1.82, 2.24) is 39.0 Å². The number of fused-ring (bicyclic) bond motifs is 35. The molecule has 13 heteroatoms. The summed E-state index contributed by atoms with van der Waals surface area (Å²) >= 11 is 1.89. The summed E-state index contributed by atoms with van der Waals surface area (Å²) in [5.41, 5.74) is 34.8. The molecule has 10 heterocycles. The van der Waals surface area contributed by atoms with Crippen LogP contribution in [-0.2, 0) is 10.8 Å². The molecule has 0 unspecified atom stereocenters. The van der Waals surface area contributed by atoms with Crippen molar-refractivity contribution in [2.24, 2.45) is 0 Å². The van der Waals surface area contributed by atoms with Crippen molar-refractivity contribution in [2.45, 2.75) is 38.5 Å². The molecule has 0 amide bonds. The number of hydrogen-bond donors (Lipinski definition) is 0. The average Bonchev–Trinajstić information content (AvgIpc) is 1.55. The number of thiophene rings is 1. The Morgan fingerprint density at radius 2 is 0.572 bits per heavy atom. The second kappa shape index (κ2) is 31.5. The molecule has 12 nitrogen and oxygen atoms in total. The number of rotatable bonds is 8. The van der Waals surface area contributed by atoms with Gasteiger partial charge >= 0.3 is 0 Å². The minimum Gasteiger partial charge on any atom is -0.455 e. The van der Waals surface area contributed by atoms with Gasteiger partial charge < -0.3 is 22.2 Å². The minimum atomic E-state index is -0.170. The van der Waals surface area contributed by atoms with Gasteiger partial charge in [-0.2, -0.15) is 0 Å². The molecule has 0 fully saturated rings. The molecular formula is C132H82N8O4S. The molecule has 2 aliphatic carbocycles. The van der Waals surface area contributed by atoms with E-state index >= 15 is 0 Å². The first-order chi connectivity index (χ1) is 71.4. The molecule has 0 atom stereocenters. The lowest BCUT2D eigenvalue weighted by Gasteiger charge is -2.21. The van der Waals surface area contributed by atoms with E-state index in [9.17, 15) is 0 Å². The molecular weight excluding hydrogens is 1790 g/mol. The van der Waals surface area contributed by atoms with E-state index < -0.39 is 0 Å². The zero-order valence-electron chi connectivity index (χ0n) is 79.0. The molecule has 145 heavy (non-hydrogen) atoms. The van der Waals surface area contributed by atoms with Crippen LogP contribution in [0.4, 0.5) is 0 Å². The van der Waals surface area contributed by atoms with Crippen molar-refractivity contribution < 1.29 is 17.7 Å². The van der Waals surface area contributed by atoms with Crippen molar-refractivity contribution in [1.29, 1.82) is 0 Å². The van der Waals surface area contributed by atoms with Gasteiger partial charge in [0.15, 0.2) is 28.4 Å². The maximum atomic E-state index is 6.58. The smallest absolute Gasteiger partial charge is 0.235 e. The molecule has 0 saturated carbocycles. The molecule has 20 aromatic carbocycles. The Hall–Kier alpha value is -18.6.